The van der Waals surface area contributed by atoms with Crippen molar-refractivity contribution in [1.82, 2.24) is 9.97 Å². The molecule has 1 saturated heterocycles. The minimum Gasteiger partial charge on any atom is -0.342 e. The molecule has 2 aromatic carbocycles. The van der Waals surface area contributed by atoms with E-state index >= 15 is 0 Å². The smallest absolute Gasteiger partial charge is 0.260 e. The number of H-pyrrole nitrogens is 1. The van der Waals surface area contributed by atoms with Gasteiger partial charge in [-0.2, -0.15) is 0 Å². The lowest BCUT2D eigenvalue weighted by molar-refractivity contribution is 0.0900. The summed E-state index contributed by atoms with van der Waals surface area (Å²) in [5.74, 6) is 0.834. The number of hydrogen-bond acceptors (Lipinski definition) is 4. The Labute approximate surface area is 145 Å². The third-order valence-corrected chi connectivity index (χ3v) is 4.82. The van der Waals surface area contributed by atoms with Crippen LogP contribution in [0.4, 0.5) is 5.95 Å². The number of carbonyl (C=O) groups excluding carboxylic acids is 1. The first-order valence-electron chi connectivity index (χ1n) is 8.55. The molecule has 5 heteroatoms. The standard InChI is InChI=1S/C20H19N3O2/c24-18(14-6-2-1-3-7-14)15-10-12-23(13-11-15)20-21-17-9-5-4-8-16(17)19(25)22-20/h1-9,15H,10-13H2,(H,21,22,25). The zero-order valence-corrected chi connectivity index (χ0v) is 13.8. The van der Waals surface area contributed by atoms with Crippen LogP contribution in [0.1, 0.15) is 23.2 Å². The van der Waals surface area contributed by atoms with Crippen molar-refractivity contribution in [3.8, 4) is 0 Å². The average molecular weight is 333 g/mol. The van der Waals surface area contributed by atoms with E-state index < -0.39 is 0 Å². The second-order valence-corrected chi connectivity index (χ2v) is 6.40. The Morgan fingerprint density at radius 3 is 2.44 bits per heavy atom. The summed E-state index contributed by atoms with van der Waals surface area (Å²) >= 11 is 0. The van der Waals surface area contributed by atoms with Gasteiger partial charge in [-0.1, -0.05) is 42.5 Å². The van der Waals surface area contributed by atoms with Crippen LogP contribution in [0.5, 0.6) is 0 Å². The molecule has 25 heavy (non-hydrogen) atoms. The van der Waals surface area contributed by atoms with Crippen molar-refractivity contribution in [2.75, 3.05) is 18.0 Å². The van der Waals surface area contributed by atoms with Crippen LogP contribution in [-0.4, -0.2) is 28.8 Å². The molecule has 0 radical (unpaired) electrons. The lowest BCUT2D eigenvalue weighted by atomic mass is 9.89. The number of aromatic nitrogens is 2. The Morgan fingerprint density at radius 1 is 1.00 bits per heavy atom. The van der Waals surface area contributed by atoms with E-state index in [1.54, 1.807) is 6.07 Å². The van der Waals surface area contributed by atoms with Crippen LogP contribution in [0, 0.1) is 5.92 Å². The zero-order valence-electron chi connectivity index (χ0n) is 13.8. The van der Waals surface area contributed by atoms with Crippen molar-refractivity contribution in [3.63, 3.8) is 0 Å². The van der Waals surface area contributed by atoms with Crippen LogP contribution in [0.2, 0.25) is 0 Å². The van der Waals surface area contributed by atoms with Crippen LogP contribution in [0.25, 0.3) is 10.9 Å². The molecule has 0 amide bonds. The minimum atomic E-state index is -0.122. The summed E-state index contributed by atoms with van der Waals surface area (Å²) in [4.78, 5) is 34.3. The predicted octanol–water partition coefficient (Wildman–Crippen LogP) is 3.02. The fraction of sp³-hybridized carbons (Fsp3) is 0.250. The number of carbonyl (C=O) groups is 1. The van der Waals surface area contributed by atoms with E-state index in [2.05, 4.69) is 14.9 Å². The third kappa shape index (κ3) is 3.05. The Balaban J connectivity index is 1.51. The van der Waals surface area contributed by atoms with Gasteiger partial charge in [-0.3, -0.25) is 14.6 Å². The number of hydrogen-bond donors (Lipinski definition) is 1. The molecule has 126 valence electrons. The molecule has 2 heterocycles. The number of fused-ring (bicyclic) bond motifs is 1. The summed E-state index contributed by atoms with van der Waals surface area (Å²) in [6.45, 7) is 1.43. The van der Waals surface area contributed by atoms with E-state index in [-0.39, 0.29) is 17.3 Å². The maximum absolute atomic E-state index is 12.6. The number of nitrogens with zero attached hydrogens (tertiary/aromatic N) is 2. The summed E-state index contributed by atoms with van der Waals surface area (Å²) in [5.41, 5.74) is 1.35. The molecule has 1 N–H and O–H groups in total. The van der Waals surface area contributed by atoms with Crippen LogP contribution in [0.15, 0.2) is 59.4 Å². The van der Waals surface area contributed by atoms with E-state index in [1.807, 2.05) is 48.5 Å². The quantitative estimate of drug-likeness (QED) is 0.748. The summed E-state index contributed by atoms with van der Waals surface area (Å²) in [7, 11) is 0. The minimum absolute atomic E-state index is 0.0332. The first-order chi connectivity index (χ1) is 12.2. The molecule has 3 aromatic rings. The fourth-order valence-electron chi connectivity index (χ4n) is 3.42. The van der Waals surface area contributed by atoms with E-state index in [4.69, 9.17) is 0 Å². The van der Waals surface area contributed by atoms with Gasteiger partial charge in [-0.05, 0) is 25.0 Å². The molecule has 0 atom stereocenters. The second kappa shape index (κ2) is 6.51. The van der Waals surface area contributed by atoms with Gasteiger partial charge in [0.1, 0.15) is 0 Å². The molecule has 0 aliphatic carbocycles. The molecule has 0 unspecified atom stereocenters. The van der Waals surface area contributed by atoms with Gasteiger partial charge < -0.3 is 4.90 Å². The second-order valence-electron chi connectivity index (χ2n) is 6.40. The lowest BCUT2D eigenvalue weighted by Gasteiger charge is -2.31. The lowest BCUT2D eigenvalue weighted by Crippen LogP contribution is -2.38. The largest absolute Gasteiger partial charge is 0.342 e. The molecule has 1 aliphatic heterocycles. The summed E-state index contributed by atoms with van der Waals surface area (Å²) < 4.78 is 0. The van der Waals surface area contributed by atoms with E-state index in [0.29, 0.717) is 29.9 Å². The number of benzene rings is 2. The summed E-state index contributed by atoms with van der Waals surface area (Å²) in [6, 6.07) is 16.8. The van der Waals surface area contributed by atoms with Crippen molar-refractivity contribution in [1.29, 1.82) is 0 Å². The molecule has 1 aliphatic rings. The topological polar surface area (TPSA) is 66.1 Å². The van der Waals surface area contributed by atoms with E-state index in [9.17, 15) is 9.59 Å². The Morgan fingerprint density at radius 2 is 1.68 bits per heavy atom. The molecule has 5 nitrogen and oxygen atoms in total. The van der Waals surface area contributed by atoms with Gasteiger partial charge in [0.25, 0.3) is 5.56 Å². The van der Waals surface area contributed by atoms with Crippen LogP contribution >= 0.6 is 0 Å². The maximum Gasteiger partial charge on any atom is 0.260 e. The van der Waals surface area contributed by atoms with Gasteiger partial charge in [0.2, 0.25) is 5.95 Å². The van der Waals surface area contributed by atoms with E-state index in [1.165, 1.54) is 0 Å². The van der Waals surface area contributed by atoms with Gasteiger partial charge in [0, 0.05) is 24.6 Å². The van der Waals surface area contributed by atoms with Crippen molar-refractivity contribution >= 4 is 22.6 Å². The number of piperidine rings is 1. The predicted molar refractivity (Wildman–Crippen MR) is 98.1 cm³/mol. The number of anilines is 1. The maximum atomic E-state index is 12.6. The number of Topliss-reactive ketones (excluding diaryl/α,β-unsaturated/α-hetero) is 1. The molecule has 0 saturated carbocycles. The van der Waals surface area contributed by atoms with Gasteiger partial charge >= 0.3 is 0 Å². The number of nitrogens with one attached hydrogen (secondary N) is 1. The molecule has 0 spiro atoms. The van der Waals surface area contributed by atoms with Crippen molar-refractivity contribution in [2.45, 2.75) is 12.8 Å². The molecule has 0 bridgehead atoms. The van der Waals surface area contributed by atoms with Crippen molar-refractivity contribution in [3.05, 3.63) is 70.5 Å². The van der Waals surface area contributed by atoms with Crippen LogP contribution in [-0.2, 0) is 0 Å². The highest BCUT2D eigenvalue weighted by Gasteiger charge is 2.26. The average Bonchev–Trinajstić information content (AvgIpc) is 2.68. The first kappa shape index (κ1) is 15.6. The van der Waals surface area contributed by atoms with Gasteiger partial charge in [-0.15, -0.1) is 0 Å². The Kier molecular flexibility index (Phi) is 4.06. The number of ketones is 1. The molecule has 1 aromatic heterocycles. The molecular weight excluding hydrogens is 314 g/mol. The Hall–Kier alpha value is -2.95. The van der Waals surface area contributed by atoms with Crippen LogP contribution in [0.3, 0.4) is 0 Å². The number of para-hydroxylation sites is 1. The van der Waals surface area contributed by atoms with E-state index in [0.717, 1.165) is 18.4 Å². The van der Waals surface area contributed by atoms with Gasteiger partial charge in [0.05, 0.1) is 10.9 Å². The molecular formula is C20H19N3O2. The van der Waals surface area contributed by atoms with Crippen LogP contribution < -0.4 is 10.5 Å². The Bertz CT molecular complexity index is 957. The highest BCUT2D eigenvalue weighted by molar-refractivity contribution is 5.97. The number of aromatic amines is 1. The first-order valence-corrected chi connectivity index (χ1v) is 8.55. The van der Waals surface area contributed by atoms with Gasteiger partial charge in [-0.25, -0.2) is 4.98 Å². The highest BCUT2D eigenvalue weighted by Crippen LogP contribution is 2.24. The zero-order chi connectivity index (χ0) is 17.2. The SMILES string of the molecule is O=C(c1ccccc1)C1CCN(c2nc3ccccc3c(=O)[nH]2)CC1. The third-order valence-electron chi connectivity index (χ3n) is 4.82. The monoisotopic (exact) mass is 333 g/mol. The summed E-state index contributed by atoms with van der Waals surface area (Å²) in [5, 5.41) is 0.598. The van der Waals surface area contributed by atoms with Crippen molar-refractivity contribution in [2.24, 2.45) is 5.92 Å². The van der Waals surface area contributed by atoms with Crippen molar-refractivity contribution < 1.29 is 4.79 Å². The fourth-order valence-corrected chi connectivity index (χ4v) is 3.42. The highest BCUT2D eigenvalue weighted by atomic mass is 16.1. The molecule has 1 fully saturated rings. The summed E-state index contributed by atoms with van der Waals surface area (Å²) in [6.07, 6.45) is 1.54. The molecule has 4 rings (SSSR count). The normalized spacial score (nSPS) is 15.4. The number of rotatable bonds is 3. The van der Waals surface area contributed by atoms with Gasteiger partial charge in [0.15, 0.2) is 5.78 Å².